The zero-order chi connectivity index (χ0) is 28.7. The van der Waals surface area contributed by atoms with Crippen molar-refractivity contribution >= 4 is 33.8 Å². The summed E-state index contributed by atoms with van der Waals surface area (Å²) in [6, 6.07) is 12.0. The zero-order valence-corrected chi connectivity index (χ0v) is 23.1. The minimum absolute atomic E-state index is 0.0919. The van der Waals surface area contributed by atoms with Crippen LogP contribution in [0.5, 0.6) is 0 Å². The maximum Gasteiger partial charge on any atom is 0.291 e. The van der Waals surface area contributed by atoms with Crippen molar-refractivity contribution in [3.63, 3.8) is 0 Å². The number of thiazole rings is 1. The Hall–Kier alpha value is -4.73. The second-order valence-electron chi connectivity index (χ2n) is 9.72. The lowest BCUT2D eigenvalue weighted by Crippen LogP contribution is -2.30. The fraction of sp³-hybridized carbons (Fsp3) is 0.241. The van der Waals surface area contributed by atoms with Gasteiger partial charge in [0.2, 0.25) is 5.82 Å². The molecule has 6 rings (SSSR count). The number of aliphatic hydroxyl groups is 1. The monoisotopic (exact) mass is 568 g/mol. The maximum atomic E-state index is 13.5. The van der Waals surface area contributed by atoms with E-state index in [0.717, 1.165) is 28.3 Å². The first-order valence-electron chi connectivity index (χ1n) is 13.1. The number of likely N-dealkylation sites (tertiary alicyclic amines) is 1. The molecule has 5 heterocycles. The van der Waals surface area contributed by atoms with Crippen LogP contribution in [0.3, 0.4) is 0 Å². The molecule has 12 heteroatoms. The number of rotatable bonds is 6. The lowest BCUT2D eigenvalue weighted by molar-refractivity contribution is 0.0753. The van der Waals surface area contributed by atoms with Gasteiger partial charge in [-0.15, -0.1) is 0 Å². The molecule has 1 saturated heterocycles. The van der Waals surface area contributed by atoms with Crippen molar-refractivity contribution in [2.24, 2.45) is 0 Å². The Balaban J connectivity index is 1.35. The molecule has 0 unspecified atom stereocenters. The number of carbonyl (C=O) groups is 1. The van der Waals surface area contributed by atoms with E-state index in [9.17, 15) is 19.6 Å². The number of halogens is 1. The summed E-state index contributed by atoms with van der Waals surface area (Å²) in [6.07, 6.45) is 5.88. The van der Waals surface area contributed by atoms with Gasteiger partial charge in [-0.2, -0.15) is 5.26 Å². The summed E-state index contributed by atoms with van der Waals surface area (Å²) < 4.78 is 15.5. The lowest BCUT2D eigenvalue weighted by atomic mass is 10.1. The minimum atomic E-state index is -0.508. The molecule has 10 nitrogen and oxygen atoms in total. The number of aryl methyl sites for hydroxylation is 1. The third-order valence-electron chi connectivity index (χ3n) is 7.06. The molecule has 1 atom stereocenters. The molecule has 1 N–H and O–H groups in total. The largest absolute Gasteiger partial charge is 0.391 e. The number of fused-ring (bicyclic) bond motifs is 1. The van der Waals surface area contributed by atoms with Gasteiger partial charge in [0.1, 0.15) is 33.9 Å². The highest BCUT2D eigenvalue weighted by molar-refractivity contribution is 7.16. The van der Waals surface area contributed by atoms with Gasteiger partial charge in [0.05, 0.1) is 11.8 Å². The fourth-order valence-electron chi connectivity index (χ4n) is 4.92. The summed E-state index contributed by atoms with van der Waals surface area (Å²) >= 11 is 1.26. The average molecular weight is 569 g/mol. The third-order valence-corrected chi connectivity index (χ3v) is 8.10. The molecule has 0 bridgehead atoms. The molecule has 1 fully saturated rings. The standard InChI is InChI=1S/C29H25FN8O2S/c1-3-22-27(36(2)29-35-25(23(12-31)41-29)17-4-7-20(30)8-5-17)38-15-18(6-9-24(38)34-22)19-13-32-26(33-14-19)28(40)37-11-10-21(39)16-37/h4-9,13-15,21,39H,3,10-11,16H2,1-2H3/t21-/m0/s1. The van der Waals surface area contributed by atoms with Gasteiger partial charge in [-0.3, -0.25) is 9.20 Å². The van der Waals surface area contributed by atoms with Crippen LogP contribution in [-0.2, 0) is 6.42 Å². The first-order chi connectivity index (χ1) is 19.9. The number of carbonyl (C=O) groups excluding carboxylic acids is 1. The number of pyridine rings is 1. The number of nitrogens with zero attached hydrogens (tertiary/aromatic N) is 8. The van der Waals surface area contributed by atoms with Crippen LogP contribution in [0.2, 0.25) is 0 Å². The van der Waals surface area contributed by atoms with E-state index in [1.807, 2.05) is 41.6 Å². The second-order valence-corrected chi connectivity index (χ2v) is 10.7. The molecule has 4 aromatic heterocycles. The summed E-state index contributed by atoms with van der Waals surface area (Å²) in [4.78, 5) is 34.8. The number of β-amino-alcohol motifs (C(OH)–C–C–N with tert-alkyl or cyclic N) is 1. The number of anilines is 2. The molecule has 1 amide bonds. The summed E-state index contributed by atoms with van der Waals surface area (Å²) in [6.45, 7) is 2.80. The number of imidazole rings is 1. The predicted octanol–water partition coefficient (Wildman–Crippen LogP) is 4.46. The SMILES string of the molecule is CCc1nc2ccc(-c3cnc(C(=O)N4CC[C@H](O)C4)nc3)cn2c1N(C)c1nc(-c2ccc(F)cc2)c(C#N)s1. The number of aliphatic hydroxyl groups excluding tert-OH is 1. The molecular weight excluding hydrogens is 543 g/mol. The first kappa shape index (κ1) is 26.5. The van der Waals surface area contributed by atoms with E-state index in [1.54, 1.807) is 29.4 Å². The molecule has 0 aliphatic carbocycles. The number of hydrogen-bond acceptors (Lipinski definition) is 9. The van der Waals surface area contributed by atoms with Gasteiger partial charge in [0, 0.05) is 55.4 Å². The van der Waals surface area contributed by atoms with Gasteiger partial charge in [-0.05, 0) is 49.2 Å². The second kappa shape index (κ2) is 10.7. The van der Waals surface area contributed by atoms with Crippen molar-refractivity contribution in [1.29, 1.82) is 5.26 Å². The minimum Gasteiger partial charge on any atom is -0.391 e. The third kappa shape index (κ3) is 4.90. The quantitative estimate of drug-likeness (QED) is 0.318. The zero-order valence-electron chi connectivity index (χ0n) is 22.3. The Labute approximate surface area is 239 Å². The topological polar surface area (TPSA) is 124 Å². The molecule has 0 radical (unpaired) electrons. The van der Waals surface area contributed by atoms with Gasteiger partial charge in [0.25, 0.3) is 5.91 Å². The first-order valence-corrected chi connectivity index (χ1v) is 13.9. The van der Waals surface area contributed by atoms with Crippen LogP contribution >= 0.6 is 11.3 Å². The van der Waals surface area contributed by atoms with Gasteiger partial charge in [-0.1, -0.05) is 18.3 Å². The fourth-order valence-corrected chi connectivity index (χ4v) is 5.77. The Kier molecular flexibility index (Phi) is 6.90. The van der Waals surface area contributed by atoms with E-state index in [-0.39, 0.29) is 24.1 Å². The Bertz CT molecular complexity index is 1790. The molecule has 0 spiro atoms. The average Bonchev–Trinajstić information content (AvgIpc) is 3.73. The number of nitriles is 1. The van der Waals surface area contributed by atoms with Crippen LogP contribution in [0.4, 0.5) is 15.3 Å². The van der Waals surface area contributed by atoms with Crippen LogP contribution < -0.4 is 4.90 Å². The number of aromatic nitrogens is 5. The molecule has 206 valence electrons. The Morgan fingerprint density at radius 2 is 1.88 bits per heavy atom. The van der Waals surface area contributed by atoms with Crippen molar-refractivity contribution < 1.29 is 14.3 Å². The van der Waals surface area contributed by atoms with Crippen molar-refractivity contribution in [3.8, 4) is 28.5 Å². The van der Waals surface area contributed by atoms with E-state index in [0.29, 0.717) is 40.7 Å². The van der Waals surface area contributed by atoms with E-state index < -0.39 is 6.10 Å². The van der Waals surface area contributed by atoms with Crippen molar-refractivity contribution in [2.75, 3.05) is 25.0 Å². The van der Waals surface area contributed by atoms with E-state index in [1.165, 1.54) is 23.5 Å². The van der Waals surface area contributed by atoms with Crippen LogP contribution in [0.25, 0.3) is 28.0 Å². The van der Waals surface area contributed by atoms with Crippen molar-refractivity contribution in [2.45, 2.75) is 25.9 Å². The Morgan fingerprint density at radius 3 is 2.54 bits per heavy atom. The smallest absolute Gasteiger partial charge is 0.291 e. The number of hydrogen-bond donors (Lipinski definition) is 1. The normalized spacial score (nSPS) is 14.9. The highest BCUT2D eigenvalue weighted by Gasteiger charge is 2.27. The van der Waals surface area contributed by atoms with E-state index in [2.05, 4.69) is 16.0 Å². The highest BCUT2D eigenvalue weighted by atomic mass is 32.1. The molecule has 41 heavy (non-hydrogen) atoms. The highest BCUT2D eigenvalue weighted by Crippen LogP contribution is 2.37. The van der Waals surface area contributed by atoms with Crippen molar-refractivity contribution in [1.82, 2.24) is 29.2 Å². The molecule has 0 saturated carbocycles. The number of benzene rings is 1. The molecule has 1 aliphatic heterocycles. The molecule has 5 aromatic rings. The van der Waals surface area contributed by atoms with Crippen molar-refractivity contribution in [3.05, 3.63) is 77.2 Å². The van der Waals surface area contributed by atoms with Gasteiger partial charge < -0.3 is 14.9 Å². The maximum absolute atomic E-state index is 13.5. The van der Waals surface area contributed by atoms with E-state index >= 15 is 0 Å². The van der Waals surface area contributed by atoms with Crippen LogP contribution in [0.1, 0.15) is 34.5 Å². The summed E-state index contributed by atoms with van der Waals surface area (Å²) in [5, 5.41) is 20.1. The molecule has 1 aliphatic rings. The predicted molar refractivity (Wildman–Crippen MR) is 152 cm³/mol. The lowest BCUT2D eigenvalue weighted by Gasteiger charge is -2.17. The summed E-state index contributed by atoms with van der Waals surface area (Å²) in [5.41, 5.74) is 4.31. The van der Waals surface area contributed by atoms with Crippen LogP contribution in [-0.4, -0.2) is 66.5 Å². The van der Waals surface area contributed by atoms with E-state index in [4.69, 9.17) is 9.97 Å². The van der Waals surface area contributed by atoms with Crippen LogP contribution in [0.15, 0.2) is 55.0 Å². The Morgan fingerprint density at radius 1 is 1.15 bits per heavy atom. The van der Waals surface area contributed by atoms with Crippen LogP contribution in [0, 0.1) is 17.1 Å². The van der Waals surface area contributed by atoms with Gasteiger partial charge >= 0.3 is 0 Å². The van der Waals surface area contributed by atoms with Gasteiger partial charge in [-0.25, -0.2) is 24.3 Å². The summed E-state index contributed by atoms with van der Waals surface area (Å²) in [7, 11) is 1.88. The molecule has 1 aromatic carbocycles. The molecular formula is C29H25FN8O2S. The van der Waals surface area contributed by atoms with Gasteiger partial charge in [0.15, 0.2) is 5.13 Å². The number of amides is 1. The summed E-state index contributed by atoms with van der Waals surface area (Å²) in [5.74, 6) is 0.240.